The fourth-order valence-electron chi connectivity index (χ4n) is 1.47. The first-order valence-electron chi connectivity index (χ1n) is 4.88. The highest BCUT2D eigenvalue weighted by atomic mass is 14.8. The summed E-state index contributed by atoms with van der Waals surface area (Å²) in [7, 11) is 2.00. The van der Waals surface area contributed by atoms with Crippen LogP contribution in [0.25, 0.3) is 0 Å². The molecule has 12 heavy (non-hydrogen) atoms. The maximum absolute atomic E-state index is 3.17. The largest absolute Gasteiger partial charge is 0.319 e. The van der Waals surface area contributed by atoms with Crippen molar-refractivity contribution in [1.29, 1.82) is 0 Å². The Kier molecular flexibility index (Phi) is 4.09. The van der Waals surface area contributed by atoms with E-state index < -0.39 is 0 Å². The second-order valence-electron chi connectivity index (χ2n) is 3.40. The summed E-state index contributed by atoms with van der Waals surface area (Å²) in [6.45, 7) is 3.34. The number of rotatable bonds is 4. The summed E-state index contributed by atoms with van der Waals surface area (Å²) >= 11 is 0. The fraction of sp³-hybridized carbons (Fsp3) is 0.636. The van der Waals surface area contributed by atoms with Gasteiger partial charge < -0.3 is 5.32 Å². The summed E-state index contributed by atoms with van der Waals surface area (Å²) in [6, 6.07) is 0. The molecule has 0 fully saturated rings. The molecule has 0 aromatic carbocycles. The number of nitrogens with one attached hydrogen (secondary N) is 1. The Hall–Kier alpha value is -0.560. The molecular weight excluding hydrogens is 146 g/mol. The van der Waals surface area contributed by atoms with Gasteiger partial charge in [0.25, 0.3) is 0 Å². The predicted molar refractivity (Wildman–Crippen MR) is 54.2 cm³/mol. The molecule has 1 unspecified atom stereocenters. The Bertz CT molecular complexity index is 179. The van der Waals surface area contributed by atoms with Crippen LogP contribution in [0.1, 0.15) is 26.2 Å². The van der Waals surface area contributed by atoms with Crippen LogP contribution < -0.4 is 5.32 Å². The van der Waals surface area contributed by atoms with Crippen molar-refractivity contribution in [3.05, 3.63) is 23.8 Å². The van der Waals surface area contributed by atoms with Gasteiger partial charge in [0.1, 0.15) is 0 Å². The molecule has 1 N–H and O–H groups in total. The van der Waals surface area contributed by atoms with Crippen LogP contribution in [0.4, 0.5) is 0 Å². The van der Waals surface area contributed by atoms with Crippen LogP contribution in [0, 0.1) is 5.92 Å². The lowest BCUT2D eigenvalue weighted by atomic mass is 9.93. The van der Waals surface area contributed by atoms with Gasteiger partial charge in [-0.15, -0.1) is 0 Å². The van der Waals surface area contributed by atoms with Gasteiger partial charge in [-0.25, -0.2) is 0 Å². The molecule has 0 bridgehead atoms. The monoisotopic (exact) mass is 165 g/mol. The summed E-state index contributed by atoms with van der Waals surface area (Å²) in [5.41, 5.74) is 1.49. The van der Waals surface area contributed by atoms with Crippen molar-refractivity contribution in [2.45, 2.75) is 26.2 Å². The van der Waals surface area contributed by atoms with Gasteiger partial charge in [0.2, 0.25) is 0 Å². The third kappa shape index (κ3) is 2.82. The lowest BCUT2D eigenvalue weighted by Crippen LogP contribution is -2.09. The molecule has 0 aromatic rings. The van der Waals surface area contributed by atoms with E-state index in [0.29, 0.717) is 0 Å². The first-order chi connectivity index (χ1) is 5.86. The Morgan fingerprint density at radius 1 is 1.58 bits per heavy atom. The summed E-state index contributed by atoms with van der Waals surface area (Å²) in [4.78, 5) is 0. The average molecular weight is 165 g/mol. The summed E-state index contributed by atoms with van der Waals surface area (Å²) in [5.74, 6) is 0.795. The third-order valence-electron chi connectivity index (χ3n) is 2.45. The van der Waals surface area contributed by atoms with E-state index in [-0.39, 0.29) is 0 Å². The maximum Gasteiger partial charge on any atom is -0.00115 e. The molecule has 1 rings (SSSR count). The van der Waals surface area contributed by atoms with Crippen LogP contribution in [0.5, 0.6) is 0 Å². The highest BCUT2D eigenvalue weighted by Crippen LogP contribution is 2.20. The molecule has 0 saturated heterocycles. The highest BCUT2D eigenvalue weighted by molar-refractivity contribution is 5.23. The highest BCUT2D eigenvalue weighted by Gasteiger charge is 2.05. The van der Waals surface area contributed by atoms with E-state index in [2.05, 4.69) is 30.5 Å². The summed E-state index contributed by atoms with van der Waals surface area (Å²) in [6.07, 6.45) is 10.7. The molecule has 1 nitrogen and oxygen atoms in total. The van der Waals surface area contributed by atoms with Gasteiger partial charge in [-0.3, -0.25) is 0 Å². The summed E-state index contributed by atoms with van der Waals surface area (Å²) in [5, 5.41) is 3.17. The van der Waals surface area contributed by atoms with Crippen molar-refractivity contribution in [2.24, 2.45) is 5.92 Å². The predicted octanol–water partition coefficient (Wildman–Crippen LogP) is 2.51. The molecule has 0 spiro atoms. The number of hydrogen-bond acceptors (Lipinski definition) is 1. The minimum atomic E-state index is 0.795. The van der Waals surface area contributed by atoms with E-state index in [1.165, 1.54) is 24.8 Å². The van der Waals surface area contributed by atoms with Gasteiger partial charge in [-0.05, 0) is 38.8 Å². The Morgan fingerprint density at radius 3 is 2.92 bits per heavy atom. The van der Waals surface area contributed by atoms with Crippen LogP contribution in [0.3, 0.4) is 0 Å². The smallest absolute Gasteiger partial charge is 0.00115 e. The van der Waals surface area contributed by atoms with Crippen molar-refractivity contribution in [3.63, 3.8) is 0 Å². The fourth-order valence-corrected chi connectivity index (χ4v) is 1.47. The van der Waals surface area contributed by atoms with Crippen LogP contribution in [0.2, 0.25) is 0 Å². The number of hydrogen-bond donors (Lipinski definition) is 1. The van der Waals surface area contributed by atoms with Crippen molar-refractivity contribution in [3.8, 4) is 0 Å². The van der Waals surface area contributed by atoms with E-state index in [0.717, 1.165) is 12.5 Å². The molecule has 1 aliphatic rings. The third-order valence-corrected chi connectivity index (χ3v) is 2.45. The lowest BCUT2D eigenvalue weighted by molar-refractivity contribution is 0.625. The minimum Gasteiger partial charge on any atom is -0.319 e. The second kappa shape index (κ2) is 5.15. The van der Waals surface area contributed by atoms with E-state index in [4.69, 9.17) is 0 Å². The average Bonchev–Trinajstić information content (AvgIpc) is 2.15. The molecule has 0 amide bonds. The molecule has 0 aliphatic heterocycles. The minimum absolute atomic E-state index is 0.795. The lowest BCUT2D eigenvalue weighted by Gasteiger charge is -2.13. The normalized spacial score (nSPS) is 22.5. The van der Waals surface area contributed by atoms with Crippen LogP contribution >= 0.6 is 0 Å². The molecule has 1 atom stereocenters. The van der Waals surface area contributed by atoms with E-state index in [1.54, 1.807) is 0 Å². The first-order valence-corrected chi connectivity index (χ1v) is 4.88. The van der Waals surface area contributed by atoms with E-state index >= 15 is 0 Å². The van der Waals surface area contributed by atoms with Crippen molar-refractivity contribution in [1.82, 2.24) is 5.32 Å². The van der Waals surface area contributed by atoms with Gasteiger partial charge >= 0.3 is 0 Å². The van der Waals surface area contributed by atoms with Gasteiger partial charge in [0, 0.05) is 0 Å². The van der Waals surface area contributed by atoms with E-state index in [9.17, 15) is 0 Å². The zero-order valence-corrected chi connectivity index (χ0v) is 8.14. The molecule has 0 radical (unpaired) electrons. The first kappa shape index (κ1) is 9.53. The number of allylic oxidation sites excluding steroid dienone is 3. The van der Waals surface area contributed by atoms with Gasteiger partial charge in [0.15, 0.2) is 0 Å². The van der Waals surface area contributed by atoms with Crippen molar-refractivity contribution < 1.29 is 0 Å². The van der Waals surface area contributed by atoms with Crippen LogP contribution in [-0.2, 0) is 0 Å². The molecule has 68 valence electrons. The molecule has 0 saturated carbocycles. The topological polar surface area (TPSA) is 12.0 Å². The van der Waals surface area contributed by atoms with Crippen molar-refractivity contribution >= 4 is 0 Å². The SMILES string of the molecule is CCC1C=CC(CCNC)=CC1. The van der Waals surface area contributed by atoms with Gasteiger partial charge in [-0.2, -0.15) is 0 Å². The Labute approximate surface area is 75.6 Å². The Morgan fingerprint density at radius 2 is 2.42 bits per heavy atom. The van der Waals surface area contributed by atoms with E-state index in [1.807, 2.05) is 7.05 Å². The molecule has 1 aliphatic carbocycles. The van der Waals surface area contributed by atoms with Crippen LogP contribution in [-0.4, -0.2) is 13.6 Å². The van der Waals surface area contributed by atoms with Gasteiger partial charge in [0.05, 0.1) is 0 Å². The van der Waals surface area contributed by atoms with Crippen molar-refractivity contribution in [2.75, 3.05) is 13.6 Å². The molecule has 0 heterocycles. The maximum atomic E-state index is 3.17. The Balaban J connectivity index is 2.31. The zero-order valence-electron chi connectivity index (χ0n) is 8.14. The molecular formula is C11H19N. The standard InChI is InChI=1S/C11H19N/c1-3-10-4-6-11(7-5-10)8-9-12-2/h4,6-7,10,12H,3,5,8-9H2,1-2H3. The summed E-state index contributed by atoms with van der Waals surface area (Å²) < 4.78 is 0. The molecule has 0 aromatic heterocycles. The molecule has 1 heteroatoms. The van der Waals surface area contributed by atoms with Crippen LogP contribution in [0.15, 0.2) is 23.8 Å². The zero-order chi connectivity index (χ0) is 8.81. The van der Waals surface area contributed by atoms with Gasteiger partial charge in [-0.1, -0.05) is 30.7 Å². The second-order valence-corrected chi connectivity index (χ2v) is 3.40. The quantitative estimate of drug-likeness (QED) is 0.675.